The van der Waals surface area contributed by atoms with Crippen molar-refractivity contribution in [3.05, 3.63) is 57.6 Å². The summed E-state index contributed by atoms with van der Waals surface area (Å²) in [6.07, 6.45) is 0. The van der Waals surface area contributed by atoms with Crippen molar-refractivity contribution in [2.45, 2.75) is 6.92 Å². The third-order valence-electron chi connectivity index (χ3n) is 2.82. The van der Waals surface area contributed by atoms with Gasteiger partial charge in [-0.2, -0.15) is 0 Å². The average Bonchev–Trinajstić information content (AvgIpc) is 2.38. The van der Waals surface area contributed by atoms with Crippen molar-refractivity contribution in [2.75, 3.05) is 11.1 Å². The van der Waals surface area contributed by atoms with Gasteiger partial charge in [0.2, 0.25) is 0 Å². The molecule has 3 nitrogen and oxygen atoms in total. The highest BCUT2D eigenvalue weighted by Gasteiger charge is 2.13. The minimum Gasteiger partial charge on any atom is -0.398 e. The predicted octanol–water partition coefficient (Wildman–Crippen LogP) is 4.14. The number of hydrogen-bond acceptors (Lipinski definition) is 2. The first kappa shape index (κ1) is 13.7. The van der Waals surface area contributed by atoms with E-state index in [0.29, 0.717) is 27.0 Å². The number of nitrogen functional groups attached to an aromatic ring is 1. The van der Waals surface area contributed by atoms with Gasteiger partial charge in [-0.05, 0) is 36.8 Å². The molecule has 2 rings (SSSR count). The van der Waals surface area contributed by atoms with Gasteiger partial charge in [-0.3, -0.25) is 4.79 Å². The first-order valence-electron chi connectivity index (χ1n) is 5.61. The summed E-state index contributed by atoms with van der Waals surface area (Å²) >= 11 is 11.9. The lowest BCUT2D eigenvalue weighted by Crippen LogP contribution is -2.14. The van der Waals surface area contributed by atoms with E-state index < -0.39 is 0 Å². The van der Waals surface area contributed by atoms with Crippen LogP contribution in [0.3, 0.4) is 0 Å². The van der Waals surface area contributed by atoms with Crippen molar-refractivity contribution in [1.82, 2.24) is 0 Å². The summed E-state index contributed by atoms with van der Waals surface area (Å²) in [5, 5.41) is 3.44. The molecule has 0 unspecified atom stereocenters. The van der Waals surface area contributed by atoms with E-state index in [2.05, 4.69) is 5.32 Å². The molecule has 1 amide bonds. The molecule has 0 bridgehead atoms. The van der Waals surface area contributed by atoms with Crippen molar-refractivity contribution in [3.8, 4) is 0 Å². The summed E-state index contributed by atoms with van der Waals surface area (Å²) in [6.45, 7) is 1.80. The van der Waals surface area contributed by atoms with Crippen LogP contribution >= 0.6 is 23.2 Å². The maximum atomic E-state index is 12.2. The minimum atomic E-state index is -0.269. The molecule has 0 aliphatic carbocycles. The fourth-order valence-electron chi connectivity index (χ4n) is 1.69. The smallest absolute Gasteiger partial charge is 0.256 e. The van der Waals surface area contributed by atoms with Crippen molar-refractivity contribution >= 4 is 40.5 Å². The van der Waals surface area contributed by atoms with Crippen LogP contribution in [-0.2, 0) is 0 Å². The Kier molecular flexibility index (Phi) is 3.98. The van der Waals surface area contributed by atoms with Crippen LogP contribution < -0.4 is 11.1 Å². The number of carbonyl (C=O) groups excluding carboxylic acids is 1. The monoisotopic (exact) mass is 294 g/mol. The van der Waals surface area contributed by atoms with Crippen LogP contribution in [0.4, 0.5) is 11.4 Å². The molecule has 0 atom stereocenters. The van der Waals surface area contributed by atoms with Gasteiger partial charge >= 0.3 is 0 Å². The Labute approximate surface area is 121 Å². The van der Waals surface area contributed by atoms with Crippen molar-refractivity contribution in [3.63, 3.8) is 0 Å². The zero-order chi connectivity index (χ0) is 14.0. The second kappa shape index (κ2) is 5.51. The molecule has 0 radical (unpaired) electrons. The van der Waals surface area contributed by atoms with Gasteiger partial charge < -0.3 is 11.1 Å². The molecule has 19 heavy (non-hydrogen) atoms. The van der Waals surface area contributed by atoms with Crippen LogP contribution in [0.1, 0.15) is 15.9 Å². The number of halogens is 2. The van der Waals surface area contributed by atoms with Crippen LogP contribution in [0.2, 0.25) is 10.0 Å². The van der Waals surface area contributed by atoms with E-state index in [1.165, 1.54) is 0 Å². The molecule has 0 aliphatic rings. The minimum absolute atomic E-state index is 0.269. The molecule has 2 aromatic rings. The Morgan fingerprint density at radius 2 is 1.84 bits per heavy atom. The normalized spacial score (nSPS) is 10.3. The van der Waals surface area contributed by atoms with Gasteiger partial charge in [-0.15, -0.1) is 0 Å². The van der Waals surface area contributed by atoms with Crippen LogP contribution in [-0.4, -0.2) is 5.91 Å². The van der Waals surface area contributed by atoms with Gasteiger partial charge in [-0.1, -0.05) is 35.3 Å². The van der Waals surface area contributed by atoms with E-state index in [-0.39, 0.29) is 5.91 Å². The molecule has 0 fully saturated rings. The quantitative estimate of drug-likeness (QED) is 0.818. The Bertz CT molecular complexity index is 641. The molecule has 0 saturated heterocycles. The molecule has 0 aliphatic heterocycles. The van der Waals surface area contributed by atoms with E-state index in [9.17, 15) is 4.79 Å². The largest absolute Gasteiger partial charge is 0.398 e. The highest BCUT2D eigenvalue weighted by molar-refractivity contribution is 6.44. The van der Waals surface area contributed by atoms with Gasteiger partial charge in [-0.25, -0.2) is 0 Å². The first-order valence-corrected chi connectivity index (χ1v) is 6.36. The van der Waals surface area contributed by atoms with E-state index in [4.69, 9.17) is 28.9 Å². The van der Waals surface area contributed by atoms with E-state index in [1.807, 2.05) is 0 Å². The van der Waals surface area contributed by atoms with Gasteiger partial charge in [0.25, 0.3) is 5.91 Å². The molecule has 0 saturated carbocycles. The van der Waals surface area contributed by atoms with Crippen molar-refractivity contribution in [1.29, 1.82) is 0 Å². The van der Waals surface area contributed by atoms with E-state index in [0.717, 1.165) is 5.56 Å². The summed E-state index contributed by atoms with van der Waals surface area (Å²) in [4.78, 5) is 12.2. The molecule has 0 spiro atoms. The first-order chi connectivity index (χ1) is 9.00. The fraction of sp³-hybridized carbons (Fsp3) is 0.0714. The van der Waals surface area contributed by atoms with Crippen LogP contribution in [0, 0.1) is 6.92 Å². The Morgan fingerprint density at radius 1 is 1.16 bits per heavy atom. The number of benzene rings is 2. The fourth-order valence-corrected chi connectivity index (χ4v) is 2.04. The lowest BCUT2D eigenvalue weighted by molar-refractivity contribution is 0.102. The lowest BCUT2D eigenvalue weighted by atomic mass is 10.1. The lowest BCUT2D eigenvalue weighted by Gasteiger charge is -2.11. The molecular formula is C14H12Cl2N2O. The van der Waals surface area contributed by atoms with Crippen molar-refractivity contribution in [2.24, 2.45) is 0 Å². The number of nitrogens with one attached hydrogen (secondary N) is 1. The van der Waals surface area contributed by atoms with Gasteiger partial charge in [0, 0.05) is 11.3 Å². The maximum Gasteiger partial charge on any atom is 0.256 e. The van der Waals surface area contributed by atoms with Crippen LogP contribution in [0.15, 0.2) is 36.4 Å². The summed E-state index contributed by atoms with van der Waals surface area (Å²) in [5.74, 6) is -0.269. The zero-order valence-corrected chi connectivity index (χ0v) is 11.7. The van der Waals surface area contributed by atoms with Gasteiger partial charge in [0.05, 0.1) is 15.7 Å². The van der Waals surface area contributed by atoms with Crippen molar-refractivity contribution < 1.29 is 4.79 Å². The number of anilines is 2. The SMILES string of the molecule is Cc1c(N)cccc1C(=O)Nc1cccc(Cl)c1Cl. The summed E-state index contributed by atoms with van der Waals surface area (Å²) < 4.78 is 0. The molecule has 3 N–H and O–H groups in total. The Morgan fingerprint density at radius 3 is 2.58 bits per heavy atom. The molecule has 0 heterocycles. The topological polar surface area (TPSA) is 55.1 Å². The van der Waals surface area contributed by atoms with Gasteiger partial charge in [0.15, 0.2) is 0 Å². The summed E-state index contributed by atoms with van der Waals surface area (Å²) in [7, 11) is 0. The number of rotatable bonds is 2. The Balaban J connectivity index is 2.31. The third kappa shape index (κ3) is 2.83. The van der Waals surface area contributed by atoms with Crippen LogP contribution in [0.5, 0.6) is 0 Å². The molecule has 98 valence electrons. The van der Waals surface area contributed by atoms with E-state index in [1.54, 1.807) is 43.3 Å². The zero-order valence-electron chi connectivity index (χ0n) is 10.2. The predicted molar refractivity (Wildman–Crippen MR) is 80.0 cm³/mol. The van der Waals surface area contributed by atoms with E-state index >= 15 is 0 Å². The second-order valence-electron chi connectivity index (χ2n) is 4.08. The number of nitrogens with two attached hydrogens (primary N) is 1. The number of amides is 1. The Hall–Kier alpha value is -1.71. The molecule has 0 aromatic heterocycles. The van der Waals surface area contributed by atoms with Gasteiger partial charge in [0.1, 0.15) is 0 Å². The van der Waals surface area contributed by atoms with Crippen LogP contribution in [0.25, 0.3) is 0 Å². The highest BCUT2D eigenvalue weighted by Crippen LogP contribution is 2.30. The number of carbonyl (C=O) groups is 1. The highest BCUT2D eigenvalue weighted by atomic mass is 35.5. The standard InChI is InChI=1S/C14H12Cl2N2O/c1-8-9(4-2-6-11(8)17)14(19)18-12-7-3-5-10(15)13(12)16/h2-7H,17H2,1H3,(H,18,19). The summed E-state index contributed by atoms with van der Waals surface area (Å²) in [5.41, 5.74) is 8.07. The molecule has 2 aromatic carbocycles. The summed E-state index contributed by atoms with van der Waals surface area (Å²) in [6, 6.07) is 10.3. The maximum absolute atomic E-state index is 12.2. The second-order valence-corrected chi connectivity index (χ2v) is 4.86. The molecule has 5 heteroatoms. The number of hydrogen-bond donors (Lipinski definition) is 2. The molecular weight excluding hydrogens is 283 g/mol. The average molecular weight is 295 g/mol. The third-order valence-corrected chi connectivity index (χ3v) is 3.64.